The second kappa shape index (κ2) is 11.0. The normalized spacial score (nSPS) is 12.5. The monoisotopic (exact) mass is 324 g/mol. The maximum Gasteiger partial charge on any atom is 0.0857 e. The molecule has 2 rings (SSSR count). The standard InChI is InChI=1S/C23H32O/c1-3-5-15-21(16-6-4-2)23(22-17-11-8-12-18-22)24-19-20-13-9-7-10-14-20/h7-14,17-18,21,23H,3-6,15-16,19H2,1-2H3. The number of rotatable bonds is 11. The molecule has 2 aromatic carbocycles. The van der Waals surface area contributed by atoms with Crippen LogP contribution in [0, 0.1) is 5.92 Å². The molecule has 0 saturated heterocycles. The molecule has 0 aromatic heterocycles. The number of unbranched alkanes of at least 4 members (excludes halogenated alkanes) is 2. The van der Waals surface area contributed by atoms with Crippen LogP contribution in [0.5, 0.6) is 0 Å². The first-order valence-corrected chi connectivity index (χ1v) is 9.55. The van der Waals surface area contributed by atoms with Crippen molar-refractivity contribution in [3.63, 3.8) is 0 Å². The second-order valence-electron chi connectivity index (χ2n) is 6.67. The molecule has 0 fully saturated rings. The van der Waals surface area contributed by atoms with Gasteiger partial charge < -0.3 is 4.74 Å². The SMILES string of the molecule is CCCCC(CCCC)C(OCc1ccccc1)c1ccccc1. The smallest absolute Gasteiger partial charge is 0.0857 e. The summed E-state index contributed by atoms with van der Waals surface area (Å²) in [5.41, 5.74) is 2.58. The molecule has 1 unspecified atom stereocenters. The van der Waals surface area contributed by atoms with Crippen LogP contribution in [0.15, 0.2) is 60.7 Å². The van der Waals surface area contributed by atoms with Crippen molar-refractivity contribution in [1.82, 2.24) is 0 Å². The molecule has 1 heteroatoms. The summed E-state index contributed by atoms with van der Waals surface area (Å²) in [5.74, 6) is 0.607. The highest BCUT2D eigenvalue weighted by molar-refractivity contribution is 5.19. The first-order chi connectivity index (χ1) is 11.8. The topological polar surface area (TPSA) is 9.23 Å². The van der Waals surface area contributed by atoms with Gasteiger partial charge in [0, 0.05) is 0 Å². The van der Waals surface area contributed by atoms with Gasteiger partial charge in [0.2, 0.25) is 0 Å². The van der Waals surface area contributed by atoms with Crippen LogP contribution in [0.2, 0.25) is 0 Å². The fourth-order valence-electron chi connectivity index (χ4n) is 3.29. The number of ether oxygens (including phenoxy) is 1. The van der Waals surface area contributed by atoms with Crippen molar-refractivity contribution >= 4 is 0 Å². The largest absolute Gasteiger partial charge is 0.369 e. The Morgan fingerprint density at radius 2 is 1.29 bits per heavy atom. The predicted octanol–water partition coefficient (Wildman–Crippen LogP) is 6.94. The zero-order valence-electron chi connectivity index (χ0n) is 15.3. The molecule has 24 heavy (non-hydrogen) atoms. The Labute approximate surface area is 148 Å². The van der Waals surface area contributed by atoms with E-state index in [1.807, 2.05) is 0 Å². The van der Waals surface area contributed by atoms with E-state index >= 15 is 0 Å². The Morgan fingerprint density at radius 3 is 1.83 bits per heavy atom. The van der Waals surface area contributed by atoms with Gasteiger partial charge in [-0.25, -0.2) is 0 Å². The summed E-state index contributed by atoms with van der Waals surface area (Å²) in [6, 6.07) is 21.3. The van der Waals surface area contributed by atoms with E-state index < -0.39 is 0 Å². The lowest BCUT2D eigenvalue weighted by molar-refractivity contribution is -0.00775. The molecule has 1 nitrogen and oxygen atoms in total. The van der Waals surface area contributed by atoms with Crippen LogP contribution < -0.4 is 0 Å². The van der Waals surface area contributed by atoms with Gasteiger partial charge in [0.1, 0.15) is 0 Å². The van der Waals surface area contributed by atoms with Crippen molar-refractivity contribution in [1.29, 1.82) is 0 Å². The zero-order chi connectivity index (χ0) is 17.0. The molecule has 0 spiro atoms. The summed E-state index contributed by atoms with van der Waals surface area (Å²) < 4.78 is 6.47. The van der Waals surface area contributed by atoms with Gasteiger partial charge in [-0.05, 0) is 29.9 Å². The van der Waals surface area contributed by atoms with E-state index in [-0.39, 0.29) is 6.10 Å². The van der Waals surface area contributed by atoms with E-state index in [9.17, 15) is 0 Å². The Morgan fingerprint density at radius 1 is 0.750 bits per heavy atom. The van der Waals surface area contributed by atoms with Gasteiger partial charge in [0.15, 0.2) is 0 Å². The Hall–Kier alpha value is -1.60. The van der Waals surface area contributed by atoms with Crippen molar-refractivity contribution in [2.24, 2.45) is 5.92 Å². The van der Waals surface area contributed by atoms with Crippen molar-refractivity contribution in [2.45, 2.75) is 65.1 Å². The minimum absolute atomic E-state index is 0.199. The highest BCUT2D eigenvalue weighted by Crippen LogP contribution is 2.34. The van der Waals surface area contributed by atoms with Crippen LogP contribution in [-0.4, -0.2) is 0 Å². The van der Waals surface area contributed by atoms with Gasteiger partial charge in [-0.15, -0.1) is 0 Å². The molecule has 0 saturated carbocycles. The fourth-order valence-corrected chi connectivity index (χ4v) is 3.29. The van der Waals surface area contributed by atoms with Crippen LogP contribution in [0.1, 0.15) is 69.6 Å². The van der Waals surface area contributed by atoms with Crippen LogP contribution >= 0.6 is 0 Å². The third-order valence-corrected chi connectivity index (χ3v) is 4.69. The maximum absolute atomic E-state index is 6.47. The first-order valence-electron chi connectivity index (χ1n) is 9.55. The van der Waals surface area contributed by atoms with E-state index in [1.165, 1.54) is 49.7 Å². The van der Waals surface area contributed by atoms with Gasteiger partial charge in [-0.2, -0.15) is 0 Å². The molecule has 0 heterocycles. The summed E-state index contributed by atoms with van der Waals surface area (Å²) in [6.45, 7) is 5.24. The van der Waals surface area contributed by atoms with Crippen LogP contribution in [0.3, 0.4) is 0 Å². The third kappa shape index (κ3) is 6.13. The van der Waals surface area contributed by atoms with Crippen LogP contribution in [-0.2, 0) is 11.3 Å². The fraction of sp³-hybridized carbons (Fsp3) is 0.478. The van der Waals surface area contributed by atoms with Crippen LogP contribution in [0.25, 0.3) is 0 Å². The minimum atomic E-state index is 0.199. The predicted molar refractivity (Wildman–Crippen MR) is 103 cm³/mol. The summed E-state index contributed by atoms with van der Waals surface area (Å²) in [7, 11) is 0. The molecular formula is C23H32O. The molecular weight excluding hydrogens is 292 g/mol. The number of hydrogen-bond acceptors (Lipinski definition) is 1. The lowest BCUT2D eigenvalue weighted by Crippen LogP contribution is -2.17. The van der Waals surface area contributed by atoms with Gasteiger partial charge in [0.05, 0.1) is 12.7 Å². The molecule has 0 amide bonds. The molecule has 0 aliphatic carbocycles. The molecule has 0 bridgehead atoms. The van der Waals surface area contributed by atoms with E-state index in [0.29, 0.717) is 12.5 Å². The Kier molecular flexibility index (Phi) is 8.62. The van der Waals surface area contributed by atoms with E-state index in [4.69, 9.17) is 4.74 Å². The molecule has 0 N–H and O–H groups in total. The highest BCUT2D eigenvalue weighted by Gasteiger charge is 2.23. The van der Waals surface area contributed by atoms with Crippen molar-refractivity contribution in [2.75, 3.05) is 0 Å². The minimum Gasteiger partial charge on any atom is -0.369 e. The van der Waals surface area contributed by atoms with Gasteiger partial charge in [-0.3, -0.25) is 0 Å². The lowest BCUT2D eigenvalue weighted by atomic mass is 9.87. The zero-order valence-corrected chi connectivity index (χ0v) is 15.3. The van der Waals surface area contributed by atoms with Gasteiger partial charge in [-0.1, -0.05) is 100 Å². The van der Waals surface area contributed by atoms with E-state index in [1.54, 1.807) is 0 Å². The summed E-state index contributed by atoms with van der Waals surface area (Å²) in [5, 5.41) is 0. The molecule has 0 aliphatic rings. The molecule has 2 aromatic rings. The van der Waals surface area contributed by atoms with Gasteiger partial charge in [0.25, 0.3) is 0 Å². The molecule has 0 radical (unpaired) electrons. The Balaban J connectivity index is 2.13. The van der Waals surface area contributed by atoms with E-state index in [0.717, 1.165) is 0 Å². The number of hydrogen-bond donors (Lipinski definition) is 0. The van der Waals surface area contributed by atoms with Crippen molar-refractivity contribution < 1.29 is 4.74 Å². The maximum atomic E-state index is 6.47. The number of benzene rings is 2. The highest BCUT2D eigenvalue weighted by atomic mass is 16.5. The quantitative estimate of drug-likeness (QED) is 0.435. The molecule has 1 atom stereocenters. The Bertz CT molecular complexity index is 526. The van der Waals surface area contributed by atoms with Gasteiger partial charge >= 0.3 is 0 Å². The van der Waals surface area contributed by atoms with Crippen LogP contribution in [0.4, 0.5) is 0 Å². The second-order valence-corrected chi connectivity index (χ2v) is 6.67. The summed E-state index contributed by atoms with van der Waals surface area (Å²) in [6.07, 6.45) is 7.78. The summed E-state index contributed by atoms with van der Waals surface area (Å²) in [4.78, 5) is 0. The van der Waals surface area contributed by atoms with E-state index in [2.05, 4.69) is 74.5 Å². The van der Waals surface area contributed by atoms with Crippen molar-refractivity contribution in [3.05, 3.63) is 71.8 Å². The molecule has 0 aliphatic heterocycles. The average Bonchev–Trinajstić information content (AvgIpc) is 2.65. The average molecular weight is 325 g/mol. The van der Waals surface area contributed by atoms with Crippen molar-refractivity contribution in [3.8, 4) is 0 Å². The first kappa shape index (κ1) is 18.7. The molecule has 130 valence electrons. The third-order valence-electron chi connectivity index (χ3n) is 4.69. The summed E-state index contributed by atoms with van der Waals surface area (Å²) >= 11 is 0. The lowest BCUT2D eigenvalue weighted by Gasteiger charge is -2.28.